The van der Waals surface area contributed by atoms with Crippen LogP contribution in [0.15, 0.2) is 77.7 Å². The zero-order valence-electron chi connectivity index (χ0n) is 18.6. The van der Waals surface area contributed by atoms with E-state index in [9.17, 15) is 21.6 Å². The van der Waals surface area contributed by atoms with E-state index in [1.54, 1.807) is 43.5 Å². The molecule has 0 aliphatic rings. The minimum Gasteiger partial charge on any atom is -0.497 e. The highest BCUT2D eigenvalue weighted by Crippen LogP contribution is 2.43. The first-order chi connectivity index (χ1) is 17.0. The second-order valence-electron chi connectivity index (χ2n) is 7.63. The van der Waals surface area contributed by atoms with E-state index < -0.39 is 26.7 Å². The van der Waals surface area contributed by atoms with E-state index in [-0.39, 0.29) is 6.54 Å². The highest BCUT2D eigenvalue weighted by molar-refractivity contribution is 7.89. The standard InChI is InChI=1S/C25H18Cl2F3NO3S2/c1-34-17-9-6-15(7-10-17)24-20(19-11-8-16(26)12-22(19)27)13-18(35-24)14-31-36(32,33)23-5-3-2-4-21(23)25(28,29)30/h2-13,31H,14H2,1H3. The van der Waals surface area contributed by atoms with Crippen LogP contribution in [0.25, 0.3) is 21.6 Å². The summed E-state index contributed by atoms with van der Waals surface area (Å²) in [5.41, 5.74) is 1.02. The number of alkyl halides is 3. The molecule has 0 unspecified atom stereocenters. The molecule has 188 valence electrons. The van der Waals surface area contributed by atoms with Gasteiger partial charge in [0, 0.05) is 37.5 Å². The molecule has 0 saturated carbocycles. The highest BCUT2D eigenvalue weighted by atomic mass is 35.5. The van der Waals surface area contributed by atoms with Crippen molar-refractivity contribution < 1.29 is 26.3 Å². The normalized spacial score (nSPS) is 12.1. The van der Waals surface area contributed by atoms with Crippen LogP contribution in [0.4, 0.5) is 13.2 Å². The average Bonchev–Trinajstić information content (AvgIpc) is 3.26. The number of halogens is 5. The maximum Gasteiger partial charge on any atom is 0.417 e. The van der Waals surface area contributed by atoms with Gasteiger partial charge in [0.25, 0.3) is 0 Å². The molecule has 0 radical (unpaired) electrons. The van der Waals surface area contributed by atoms with Gasteiger partial charge in [0.2, 0.25) is 10.0 Å². The van der Waals surface area contributed by atoms with E-state index in [0.717, 1.165) is 34.2 Å². The quantitative estimate of drug-likeness (QED) is 0.245. The summed E-state index contributed by atoms with van der Waals surface area (Å²) in [6.45, 7) is -0.215. The lowest BCUT2D eigenvalue weighted by molar-refractivity contribution is -0.139. The zero-order valence-corrected chi connectivity index (χ0v) is 21.7. The molecule has 4 rings (SSSR count). The summed E-state index contributed by atoms with van der Waals surface area (Å²) in [5, 5.41) is 0.864. The molecule has 0 amide bonds. The molecule has 3 aromatic carbocycles. The lowest BCUT2D eigenvalue weighted by atomic mass is 10.0. The largest absolute Gasteiger partial charge is 0.497 e. The van der Waals surface area contributed by atoms with Gasteiger partial charge in [-0.05, 0) is 60.2 Å². The van der Waals surface area contributed by atoms with Gasteiger partial charge >= 0.3 is 6.18 Å². The fourth-order valence-electron chi connectivity index (χ4n) is 3.57. The lowest BCUT2D eigenvalue weighted by Gasteiger charge is -2.13. The molecule has 1 aromatic heterocycles. The third kappa shape index (κ3) is 5.71. The summed E-state index contributed by atoms with van der Waals surface area (Å²) in [4.78, 5) is 0.548. The number of nitrogens with one attached hydrogen (secondary N) is 1. The number of thiophene rings is 1. The third-order valence-corrected chi connectivity index (χ3v) is 8.47. The van der Waals surface area contributed by atoms with Crippen molar-refractivity contribution in [2.45, 2.75) is 17.6 Å². The van der Waals surface area contributed by atoms with Crippen LogP contribution in [-0.4, -0.2) is 15.5 Å². The number of sulfonamides is 1. The molecule has 1 N–H and O–H groups in total. The summed E-state index contributed by atoms with van der Waals surface area (Å²) in [5.74, 6) is 0.665. The number of rotatable bonds is 7. The molecule has 1 heterocycles. The van der Waals surface area contributed by atoms with Crippen LogP contribution in [0, 0.1) is 0 Å². The second-order valence-corrected chi connectivity index (χ2v) is 11.3. The molecule has 4 nitrogen and oxygen atoms in total. The lowest BCUT2D eigenvalue weighted by Crippen LogP contribution is -2.25. The minimum atomic E-state index is -4.81. The van der Waals surface area contributed by atoms with Gasteiger partial charge in [-0.15, -0.1) is 11.3 Å². The fraction of sp³-hybridized carbons (Fsp3) is 0.120. The summed E-state index contributed by atoms with van der Waals surface area (Å²) in [7, 11) is -2.90. The van der Waals surface area contributed by atoms with Crippen molar-refractivity contribution in [2.24, 2.45) is 0 Å². The van der Waals surface area contributed by atoms with Gasteiger partial charge in [-0.2, -0.15) is 13.2 Å². The second kappa shape index (κ2) is 10.4. The molecule has 0 saturated heterocycles. The number of methoxy groups -OCH3 is 1. The van der Waals surface area contributed by atoms with Crippen molar-refractivity contribution in [3.8, 4) is 27.3 Å². The van der Waals surface area contributed by atoms with Crippen molar-refractivity contribution >= 4 is 44.6 Å². The molecular weight excluding hydrogens is 554 g/mol. The van der Waals surface area contributed by atoms with Gasteiger partial charge < -0.3 is 4.74 Å². The predicted octanol–water partition coefficient (Wildman–Crippen LogP) is 7.89. The van der Waals surface area contributed by atoms with Gasteiger partial charge in [0.05, 0.1) is 17.6 Å². The number of hydrogen-bond acceptors (Lipinski definition) is 4. The topological polar surface area (TPSA) is 55.4 Å². The van der Waals surface area contributed by atoms with E-state index in [0.29, 0.717) is 26.2 Å². The molecule has 0 aliphatic carbocycles. The minimum absolute atomic E-state index is 0.215. The van der Waals surface area contributed by atoms with Crippen LogP contribution in [0.1, 0.15) is 10.4 Å². The predicted molar refractivity (Wildman–Crippen MR) is 137 cm³/mol. The Hall–Kier alpha value is -2.56. The van der Waals surface area contributed by atoms with Crippen molar-refractivity contribution in [1.82, 2.24) is 4.72 Å². The maximum absolute atomic E-state index is 13.4. The van der Waals surface area contributed by atoms with E-state index in [4.69, 9.17) is 27.9 Å². The Morgan fingerprint density at radius 2 is 1.64 bits per heavy atom. The van der Waals surface area contributed by atoms with Crippen molar-refractivity contribution in [2.75, 3.05) is 7.11 Å². The highest BCUT2D eigenvalue weighted by Gasteiger charge is 2.36. The molecule has 0 fully saturated rings. The summed E-state index contributed by atoms with van der Waals surface area (Å²) < 4.78 is 73.3. The average molecular weight is 572 g/mol. The van der Waals surface area contributed by atoms with Crippen molar-refractivity contribution in [3.63, 3.8) is 0 Å². The summed E-state index contributed by atoms with van der Waals surface area (Å²) in [6, 6.07) is 18.2. The van der Waals surface area contributed by atoms with Crippen LogP contribution in [-0.2, 0) is 22.7 Å². The molecule has 0 atom stereocenters. The van der Waals surface area contributed by atoms with Gasteiger partial charge in [-0.25, -0.2) is 13.1 Å². The Bertz CT molecular complexity index is 1500. The maximum atomic E-state index is 13.4. The first kappa shape index (κ1) is 26.5. The molecular formula is C25H18Cl2F3NO3S2. The van der Waals surface area contributed by atoms with Crippen LogP contribution >= 0.6 is 34.5 Å². The molecule has 4 aromatic rings. The Morgan fingerprint density at radius 3 is 2.28 bits per heavy atom. The summed E-state index contributed by atoms with van der Waals surface area (Å²) >= 11 is 13.8. The summed E-state index contributed by atoms with van der Waals surface area (Å²) in [6.07, 6.45) is -4.81. The molecule has 0 aliphatic heterocycles. The third-order valence-electron chi connectivity index (χ3n) is 5.28. The van der Waals surface area contributed by atoms with Crippen molar-refractivity contribution in [3.05, 3.63) is 93.3 Å². The zero-order chi connectivity index (χ0) is 26.1. The van der Waals surface area contributed by atoms with Crippen LogP contribution < -0.4 is 9.46 Å². The molecule has 36 heavy (non-hydrogen) atoms. The van der Waals surface area contributed by atoms with E-state index >= 15 is 0 Å². The Balaban J connectivity index is 1.72. The van der Waals surface area contributed by atoms with Crippen LogP contribution in [0.2, 0.25) is 10.0 Å². The van der Waals surface area contributed by atoms with Gasteiger partial charge in [0.1, 0.15) is 5.75 Å². The smallest absolute Gasteiger partial charge is 0.417 e. The Morgan fingerprint density at radius 1 is 0.944 bits per heavy atom. The number of ether oxygens (including phenoxy) is 1. The molecule has 0 bridgehead atoms. The molecule has 0 spiro atoms. The Kier molecular flexibility index (Phi) is 7.68. The van der Waals surface area contributed by atoms with Gasteiger partial charge in [-0.1, -0.05) is 41.4 Å². The first-order valence-electron chi connectivity index (χ1n) is 10.4. The van der Waals surface area contributed by atoms with E-state index in [1.165, 1.54) is 17.4 Å². The van der Waals surface area contributed by atoms with E-state index in [2.05, 4.69) is 4.72 Å². The molecule has 11 heteroatoms. The fourth-order valence-corrected chi connectivity index (χ4v) is 6.52. The van der Waals surface area contributed by atoms with Crippen LogP contribution in [0.3, 0.4) is 0 Å². The number of hydrogen-bond donors (Lipinski definition) is 1. The number of benzene rings is 3. The monoisotopic (exact) mass is 571 g/mol. The van der Waals surface area contributed by atoms with Crippen LogP contribution in [0.5, 0.6) is 5.75 Å². The Labute approximate surface area is 220 Å². The SMILES string of the molecule is COc1ccc(-c2sc(CNS(=O)(=O)c3ccccc3C(F)(F)F)cc2-c2ccc(Cl)cc2Cl)cc1. The first-order valence-corrected chi connectivity index (χ1v) is 13.4. The van der Waals surface area contributed by atoms with Gasteiger partial charge in [-0.3, -0.25) is 0 Å². The van der Waals surface area contributed by atoms with E-state index in [1.807, 2.05) is 12.1 Å². The van der Waals surface area contributed by atoms with Crippen molar-refractivity contribution in [1.29, 1.82) is 0 Å². The van der Waals surface area contributed by atoms with Gasteiger partial charge in [0.15, 0.2) is 0 Å².